The first kappa shape index (κ1) is 95.6. The second-order valence-electron chi connectivity index (χ2n) is 37.4. The highest BCUT2D eigenvalue weighted by Crippen LogP contribution is 2.41. The van der Waals surface area contributed by atoms with E-state index in [1.807, 2.05) is 0 Å². The van der Waals surface area contributed by atoms with E-state index in [4.69, 9.17) is 0 Å². The van der Waals surface area contributed by atoms with Crippen LogP contribution in [-0.4, -0.2) is 0 Å². The normalized spacial score (nSPS) is 10.8. The van der Waals surface area contributed by atoms with Crippen LogP contribution in [-0.2, 0) is 0 Å². The zero-order valence-corrected chi connectivity index (χ0v) is 83.6. The molecule has 0 heterocycles. The number of hydrogen-bond donors (Lipinski definition) is 0. The predicted molar refractivity (Wildman–Crippen MR) is 610 cm³/mol. The molecule has 24 aromatic rings. The molecule has 0 amide bonds. The molecule has 24 rings (SSSR count). The fourth-order valence-corrected chi connectivity index (χ4v) is 19.7. The quantitative estimate of drug-likeness (QED) is 0.155. The van der Waals surface area contributed by atoms with E-state index in [9.17, 15) is 0 Å². The SMILES string of the molecule is Cc1c2ccccc2c(C)c2ccccc12.Cc1ccc(-c2ccc(C)c3ccccc23)c2ccccc12.Cc1ccc(C)c2ccccc12.Cc1ccc(C)cc1.Cc1ccc2cc(C)ccc2c1.Cc1cccc2c(-c3ccc(C)c4ccccc34)cccc12.Cc1cccc2c(-c3cccc4c(C)cccc34)cccc12.Cc1cccc2c(C)cccc12.Cc1cccc2c(C)cccc12. The zero-order chi connectivity index (χ0) is 96.6. The van der Waals surface area contributed by atoms with E-state index in [-0.39, 0.29) is 0 Å². The van der Waals surface area contributed by atoms with E-state index in [0.29, 0.717) is 0 Å². The molecule has 0 radical (unpaired) electrons. The summed E-state index contributed by atoms with van der Waals surface area (Å²) < 4.78 is 0. The van der Waals surface area contributed by atoms with Crippen LogP contribution < -0.4 is 0 Å². The van der Waals surface area contributed by atoms with Crippen molar-refractivity contribution in [1.29, 1.82) is 0 Å². The molecule has 0 atom stereocenters. The van der Waals surface area contributed by atoms with Gasteiger partial charge in [0.25, 0.3) is 0 Å². The third-order valence-electron chi connectivity index (χ3n) is 27.6. The molecule has 0 saturated carbocycles. The molecule has 24 aromatic carbocycles. The van der Waals surface area contributed by atoms with Crippen LogP contribution in [0.2, 0.25) is 0 Å². The molecule has 0 aliphatic heterocycles. The first-order valence-corrected chi connectivity index (χ1v) is 48.6. The fourth-order valence-electron chi connectivity index (χ4n) is 19.7. The maximum atomic E-state index is 2.26. The fraction of sp³-hybridized carbons (Fsp3) is 0.130. The van der Waals surface area contributed by atoms with Crippen molar-refractivity contribution in [2.75, 3.05) is 0 Å². The molecule has 138 heavy (non-hydrogen) atoms. The van der Waals surface area contributed by atoms with Crippen molar-refractivity contribution < 1.29 is 0 Å². The Morgan fingerprint density at radius 2 is 0.232 bits per heavy atom. The average Bonchev–Trinajstić information content (AvgIpc) is 0.764. The topological polar surface area (TPSA) is 0 Å². The van der Waals surface area contributed by atoms with E-state index < -0.39 is 0 Å². The van der Waals surface area contributed by atoms with Gasteiger partial charge < -0.3 is 0 Å². The highest BCUT2D eigenvalue weighted by molar-refractivity contribution is 6.11. The third kappa shape index (κ3) is 21.5. The van der Waals surface area contributed by atoms with Crippen LogP contribution in [0.5, 0.6) is 0 Å². The Morgan fingerprint density at radius 3 is 0.442 bits per heavy atom. The highest BCUT2D eigenvalue weighted by Gasteiger charge is 2.16. The molecule has 0 fully saturated rings. The third-order valence-corrected chi connectivity index (χ3v) is 27.6. The minimum atomic E-state index is 1.32. The summed E-state index contributed by atoms with van der Waals surface area (Å²) in [4.78, 5) is 0. The Balaban J connectivity index is 0.000000114. The molecule has 0 bridgehead atoms. The summed E-state index contributed by atoms with van der Waals surface area (Å²) in [7, 11) is 0. The maximum Gasteiger partial charge on any atom is -0.00990 e. The lowest BCUT2D eigenvalue weighted by Crippen LogP contribution is -1.87. The highest BCUT2D eigenvalue weighted by atomic mass is 14.2. The van der Waals surface area contributed by atoms with Crippen molar-refractivity contribution in [2.45, 2.75) is 125 Å². The van der Waals surface area contributed by atoms with Crippen LogP contribution in [0.3, 0.4) is 0 Å². The van der Waals surface area contributed by atoms with Crippen molar-refractivity contribution in [3.8, 4) is 33.4 Å². The second-order valence-corrected chi connectivity index (χ2v) is 37.4. The summed E-state index contributed by atoms with van der Waals surface area (Å²) in [6, 6.07) is 157. The van der Waals surface area contributed by atoms with Crippen molar-refractivity contribution >= 4 is 129 Å². The van der Waals surface area contributed by atoms with Crippen LogP contribution >= 0.6 is 0 Å². The van der Waals surface area contributed by atoms with Crippen LogP contribution in [0.15, 0.2) is 437 Å². The number of fused-ring (bicyclic) bond motifs is 12. The van der Waals surface area contributed by atoms with Gasteiger partial charge in [-0.25, -0.2) is 0 Å². The lowest BCUT2D eigenvalue weighted by molar-refractivity contribution is 1.40. The van der Waals surface area contributed by atoms with Gasteiger partial charge in [-0.2, -0.15) is 0 Å². The van der Waals surface area contributed by atoms with E-state index in [1.165, 1.54) is 263 Å². The molecule has 0 saturated heterocycles. The van der Waals surface area contributed by atoms with Gasteiger partial charge in [-0.05, 0) is 365 Å². The summed E-state index contributed by atoms with van der Waals surface area (Å²) >= 11 is 0. The summed E-state index contributed by atoms with van der Waals surface area (Å²) in [5, 5.41) is 32.4. The number of hydrogen-bond acceptors (Lipinski definition) is 0. The molecular weight excluding hydrogens is 1660 g/mol. The molecule has 0 heteroatoms. The van der Waals surface area contributed by atoms with Crippen LogP contribution in [0, 0.1) is 125 Å². The molecule has 678 valence electrons. The number of rotatable bonds is 3. The molecule has 0 N–H and O–H groups in total. The molecular formula is C138H126. The van der Waals surface area contributed by atoms with Crippen LogP contribution in [0.25, 0.3) is 163 Å². The maximum absolute atomic E-state index is 2.26. The minimum absolute atomic E-state index is 1.32. The van der Waals surface area contributed by atoms with Crippen molar-refractivity contribution in [1.82, 2.24) is 0 Å². The monoisotopic (exact) mass is 1780 g/mol. The lowest BCUT2D eigenvalue weighted by atomic mass is 9.91. The van der Waals surface area contributed by atoms with Crippen molar-refractivity contribution in [3.05, 3.63) is 537 Å². The summed E-state index contributed by atoms with van der Waals surface area (Å²) in [6.07, 6.45) is 0. The Kier molecular flexibility index (Phi) is 30.3. The van der Waals surface area contributed by atoms with Gasteiger partial charge in [-0.15, -0.1) is 0 Å². The van der Waals surface area contributed by atoms with Gasteiger partial charge in [0, 0.05) is 0 Å². The molecule has 0 spiro atoms. The van der Waals surface area contributed by atoms with Crippen LogP contribution in [0.4, 0.5) is 0 Å². The number of benzene rings is 24. The second kappa shape index (κ2) is 43.8. The summed E-state index contributed by atoms with van der Waals surface area (Å²) in [5.41, 5.74) is 32.1. The van der Waals surface area contributed by atoms with Crippen molar-refractivity contribution in [3.63, 3.8) is 0 Å². The predicted octanol–water partition coefficient (Wildman–Crippen LogP) is 39.6. The van der Waals surface area contributed by atoms with Gasteiger partial charge in [0.1, 0.15) is 0 Å². The summed E-state index contributed by atoms with van der Waals surface area (Å²) in [5.74, 6) is 0. The van der Waals surface area contributed by atoms with Crippen LogP contribution in [0.1, 0.15) is 100 Å². The van der Waals surface area contributed by atoms with E-state index in [2.05, 4.69) is 561 Å². The van der Waals surface area contributed by atoms with Gasteiger partial charge >= 0.3 is 0 Å². The molecule has 0 nitrogen and oxygen atoms in total. The molecule has 0 aromatic heterocycles. The number of aryl methyl sites for hydroxylation is 18. The van der Waals surface area contributed by atoms with E-state index in [0.717, 1.165) is 0 Å². The molecule has 0 aliphatic rings. The van der Waals surface area contributed by atoms with Gasteiger partial charge in [0.05, 0.1) is 0 Å². The molecule has 0 unspecified atom stereocenters. The van der Waals surface area contributed by atoms with E-state index >= 15 is 0 Å². The van der Waals surface area contributed by atoms with Gasteiger partial charge in [0.2, 0.25) is 0 Å². The van der Waals surface area contributed by atoms with Gasteiger partial charge in [-0.3, -0.25) is 0 Å². The van der Waals surface area contributed by atoms with Gasteiger partial charge in [-0.1, -0.05) is 459 Å². The summed E-state index contributed by atoms with van der Waals surface area (Å²) in [6.45, 7) is 38.9. The minimum Gasteiger partial charge on any atom is -0.0616 e. The Labute approximate surface area is 818 Å². The standard InChI is InChI=1S/3C22H18.C16H14.4C12H12.C8H10/c1-15-7-3-11-19-17(15)9-5-13-21(19)22-14-6-10-18-16(2)8-4-12-20(18)22;1-15-11-13-21(19-9-5-3-7-17(15)19)22-14-12-16(2)18-8-4-6-10-20(18)22;1-15-7-5-11-20-18(15)10-6-12-21(20)22-14-13-16(2)17-8-3-4-9-19(17)22;1-11-13-7-3-5-9-15(13)12(2)16-10-6-4-8-14(11)16;1-9-3-5-12-8-10(2)4-6-11(12)7-9;2*1-9-5-3-8-12-10(2)6-4-7-11(9)12;1-9-7-8-10(2)12-6-4-3-5-11(9)12;1-7-3-5-8(2)6-4-7/h3*3-14H,1-2H3;3-10H,1-2H3;4*3-8H,1-2H3;3-6H,1-2H3. The Hall–Kier alpha value is -15.6. The average molecular weight is 1780 g/mol. The zero-order valence-electron chi connectivity index (χ0n) is 83.6. The first-order valence-electron chi connectivity index (χ1n) is 48.6. The smallest absolute Gasteiger partial charge is 0.00990 e. The van der Waals surface area contributed by atoms with Crippen molar-refractivity contribution in [2.24, 2.45) is 0 Å². The largest absolute Gasteiger partial charge is 0.0616 e. The first-order chi connectivity index (χ1) is 67.0. The van der Waals surface area contributed by atoms with E-state index in [1.54, 1.807) is 0 Å². The lowest BCUT2D eigenvalue weighted by Gasteiger charge is -2.13. The Morgan fingerprint density at radius 1 is 0.0942 bits per heavy atom. The van der Waals surface area contributed by atoms with Gasteiger partial charge in [0.15, 0.2) is 0 Å². The molecule has 0 aliphatic carbocycles. The Bertz CT molecular complexity index is 7580.